The lowest BCUT2D eigenvalue weighted by atomic mass is 9.38. The van der Waals surface area contributed by atoms with Crippen LogP contribution in [-0.4, -0.2) is 32.7 Å². The molecule has 0 aliphatic heterocycles. The highest BCUT2D eigenvalue weighted by molar-refractivity contribution is 6.31. The van der Waals surface area contributed by atoms with Crippen molar-refractivity contribution in [3.05, 3.63) is 52.2 Å². The number of aromatic nitrogens is 1. The number of halogens is 1. The largest absolute Gasteiger partial charge is 0.390 e. The Kier molecular flexibility index (Phi) is 6.94. The predicted molar refractivity (Wildman–Crippen MR) is 171 cm³/mol. The van der Waals surface area contributed by atoms with Crippen LogP contribution in [-0.2, 0) is 16.6 Å². The van der Waals surface area contributed by atoms with E-state index in [9.17, 15) is 15.0 Å². The maximum atomic E-state index is 14.7. The molecule has 0 spiro atoms. The number of rotatable bonds is 5. The van der Waals surface area contributed by atoms with Crippen LogP contribution in [0.4, 0.5) is 0 Å². The smallest absolute Gasteiger partial charge is 0.140 e. The Balaban J connectivity index is 1.35. The zero-order valence-electron chi connectivity index (χ0n) is 26.9. The van der Waals surface area contributed by atoms with E-state index in [1.165, 1.54) is 11.1 Å². The number of carbonyl (C=O) groups is 1. The van der Waals surface area contributed by atoms with E-state index in [-0.39, 0.29) is 22.2 Å². The van der Waals surface area contributed by atoms with Gasteiger partial charge in [-0.05, 0) is 111 Å². The number of pyridine rings is 1. The van der Waals surface area contributed by atoms with Gasteiger partial charge in [-0.3, -0.25) is 9.78 Å². The summed E-state index contributed by atoms with van der Waals surface area (Å²) in [6.07, 6.45) is 7.91. The van der Waals surface area contributed by atoms with Crippen molar-refractivity contribution in [2.24, 2.45) is 39.9 Å². The molecular weight excluding hydrogens is 542 g/mol. The van der Waals surface area contributed by atoms with Gasteiger partial charge in [-0.15, -0.1) is 0 Å². The minimum atomic E-state index is -1.09. The van der Waals surface area contributed by atoms with E-state index < -0.39 is 17.1 Å². The Bertz CT molecular complexity index is 1470. The van der Waals surface area contributed by atoms with Gasteiger partial charge in [0.2, 0.25) is 0 Å². The van der Waals surface area contributed by atoms with Crippen molar-refractivity contribution < 1.29 is 15.0 Å². The van der Waals surface area contributed by atoms with Gasteiger partial charge in [0.25, 0.3) is 0 Å². The van der Waals surface area contributed by atoms with Crippen LogP contribution in [0.3, 0.4) is 0 Å². The van der Waals surface area contributed by atoms with Crippen molar-refractivity contribution in [1.82, 2.24) is 4.98 Å². The normalized spacial score (nSPS) is 36.9. The number of carbonyl (C=O) groups excluding carboxylic acids is 1. The van der Waals surface area contributed by atoms with E-state index in [1.807, 2.05) is 12.1 Å². The van der Waals surface area contributed by atoms with Crippen molar-refractivity contribution >= 4 is 28.3 Å². The zero-order chi connectivity index (χ0) is 30.6. The first-order chi connectivity index (χ1) is 19.4. The summed E-state index contributed by atoms with van der Waals surface area (Å²) in [6, 6.07) is 8.26. The minimum absolute atomic E-state index is 0.0638. The molecule has 2 aromatic rings. The van der Waals surface area contributed by atoms with E-state index >= 15 is 0 Å². The Morgan fingerprint density at radius 3 is 2.50 bits per heavy atom. The molecule has 1 aromatic heterocycles. The second-order valence-corrected chi connectivity index (χ2v) is 16.7. The monoisotopic (exact) mass is 591 g/mol. The second kappa shape index (κ2) is 9.62. The molecule has 0 saturated heterocycles. The quantitative estimate of drug-likeness (QED) is 0.344. The molecule has 8 atom stereocenters. The number of hydrogen-bond donors (Lipinski definition) is 2. The molecule has 1 heterocycles. The van der Waals surface area contributed by atoms with E-state index in [1.54, 1.807) is 13.8 Å². The first kappa shape index (κ1) is 30.3. The molecule has 2 fully saturated rings. The van der Waals surface area contributed by atoms with Gasteiger partial charge in [0.05, 0.1) is 22.9 Å². The Morgan fingerprint density at radius 1 is 1.10 bits per heavy atom. The molecule has 0 amide bonds. The number of allylic oxidation sites excluding steroid dienone is 2. The van der Waals surface area contributed by atoms with E-state index in [0.717, 1.165) is 48.7 Å². The Hall–Kier alpha value is -1.75. The Morgan fingerprint density at radius 2 is 1.81 bits per heavy atom. The number of fused-ring (bicyclic) bond motifs is 7. The molecular formula is C37H50ClNO3. The van der Waals surface area contributed by atoms with Crippen molar-refractivity contribution in [3.8, 4) is 0 Å². The average Bonchev–Trinajstić information content (AvgIpc) is 3.17. The molecule has 4 nitrogen and oxygen atoms in total. The topological polar surface area (TPSA) is 70.4 Å². The first-order valence-corrected chi connectivity index (χ1v) is 16.6. The van der Waals surface area contributed by atoms with Crippen LogP contribution >= 0.6 is 11.6 Å². The fourth-order valence-corrected chi connectivity index (χ4v) is 10.7. The standard InChI is InChI=1S/C37H50ClNO3/c1-21(9-14-30(40)34(4,5)42)25-15-16-35(6)29-13-12-26-27(37(29,8)31(41)20-36(25,35)7)18-23-17-22-10-11-24(38)19-28(22)39-32(23)33(26,2)3/h10-12,17,19,21,25,27,29-30,40,42H,9,13-16,18,20H2,1-8H3/t21-,25-,27-,29+,30-,35+,36-,37+/m1/s1. The number of Topliss-reactive ketones (excluding diaryl/α,β-unsaturated/α-hetero) is 1. The molecule has 0 bridgehead atoms. The average molecular weight is 592 g/mol. The number of hydrogen-bond acceptors (Lipinski definition) is 4. The van der Waals surface area contributed by atoms with E-state index in [0.29, 0.717) is 41.4 Å². The SMILES string of the molecule is C[C@H](CC[C@@H](O)C(C)(C)O)[C@H]1CC[C@@]2(C)[C@@H]3CC=C4[C@@H](Cc5cc6ccc(Cl)cc6nc5C4(C)C)[C@]3(C)C(=O)C[C@]12C. The van der Waals surface area contributed by atoms with Gasteiger partial charge in [-0.2, -0.15) is 0 Å². The van der Waals surface area contributed by atoms with E-state index in [4.69, 9.17) is 16.6 Å². The number of aliphatic hydroxyl groups excluding tert-OH is 1. The summed E-state index contributed by atoms with van der Waals surface area (Å²) in [5, 5.41) is 22.6. The van der Waals surface area contributed by atoms with Gasteiger partial charge in [0.15, 0.2) is 0 Å². The van der Waals surface area contributed by atoms with Gasteiger partial charge >= 0.3 is 0 Å². The second-order valence-electron chi connectivity index (χ2n) is 16.2. The highest BCUT2D eigenvalue weighted by atomic mass is 35.5. The highest BCUT2D eigenvalue weighted by Gasteiger charge is 2.70. The van der Waals surface area contributed by atoms with Crippen LogP contribution in [0.2, 0.25) is 5.02 Å². The molecule has 4 aliphatic rings. The number of aliphatic hydroxyl groups is 2. The Labute approximate surface area is 257 Å². The van der Waals surface area contributed by atoms with Crippen LogP contribution in [0.1, 0.15) is 105 Å². The van der Waals surface area contributed by atoms with Gasteiger partial charge in [-0.25, -0.2) is 0 Å². The number of nitrogens with zero attached hydrogens (tertiary/aromatic N) is 1. The maximum Gasteiger partial charge on any atom is 0.140 e. The third-order valence-corrected chi connectivity index (χ3v) is 13.6. The van der Waals surface area contributed by atoms with Crippen LogP contribution in [0.5, 0.6) is 0 Å². The van der Waals surface area contributed by atoms with Crippen molar-refractivity contribution in [1.29, 1.82) is 0 Å². The number of benzene rings is 1. The first-order valence-electron chi connectivity index (χ1n) is 16.2. The molecule has 6 rings (SSSR count). The molecule has 2 N–H and O–H groups in total. The molecule has 0 radical (unpaired) electrons. The van der Waals surface area contributed by atoms with Crippen LogP contribution in [0.15, 0.2) is 35.9 Å². The van der Waals surface area contributed by atoms with E-state index in [2.05, 4.69) is 59.8 Å². The summed E-state index contributed by atoms with van der Waals surface area (Å²) in [5.74, 6) is 1.74. The lowest BCUT2D eigenvalue weighted by molar-refractivity contribution is -0.168. The molecule has 2 saturated carbocycles. The summed E-state index contributed by atoms with van der Waals surface area (Å²) in [4.78, 5) is 19.9. The zero-order valence-corrected chi connectivity index (χ0v) is 27.6. The predicted octanol–water partition coefficient (Wildman–Crippen LogP) is 8.23. The lowest BCUT2D eigenvalue weighted by Crippen LogP contribution is -2.63. The summed E-state index contributed by atoms with van der Waals surface area (Å²) >= 11 is 6.33. The molecule has 5 heteroatoms. The maximum absolute atomic E-state index is 14.7. The van der Waals surface area contributed by atoms with Crippen LogP contribution in [0.25, 0.3) is 10.9 Å². The van der Waals surface area contributed by atoms with Gasteiger partial charge in [0.1, 0.15) is 5.78 Å². The number of ketones is 1. The summed E-state index contributed by atoms with van der Waals surface area (Å²) in [6.45, 7) is 17.5. The molecule has 1 aromatic carbocycles. The van der Waals surface area contributed by atoms with Gasteiger partial charge in [0, 0.05) is 27.7 Å². The van der Waals surface area contributed by atoms with Crippen molar-refractivity contribution in [3.63, 3.8) is 0 Å². The molecule has 4 aliphatic carbocycles. The fourth-order valence-electron chi connectivity index (χ4n) is 10.6. The van der Waals surface area contributed by atoms with Crippen molar-refractivity contribution in [2.45, 2.75) is 117 Å². The molecule has 228 valence electrons. The summed E-state index contributed by atoms with van der Waals surface area (Å²) < 4.78 is 0. The summed E-state index contributed by atoms with van der Waals surface area (Å²) in [7, 11) is 0. The fraction of sp³-hybridized carbons (Fsp3) is 0.676. The van der Waals surface area contributed by atoms with Gasteiger partial charge < -0.3 is 10.2 Å². The third kappa shape index (κ3) is 4.14. The van der Waals surface area contributed by atoms with Crippen molar-refractivity contribution in [2.75, 3.05) is 0 Å². The highest BCUT2D eigenvalue weighted by Crippen LogP contribution is 2.73. The minimum Gasteiger partial charge on any atom is -0.390 e. The lowest BCUT2D eigenvalue weighted by Gasteiger charge is -2.64. The summed E-state index contributed by atoms with van der Waals surface area (Å²) in [5.41, 5.74) is 2.97. The van der Waals surface area contributed by atoms with Gasteiger partial charge in [-0.1, -0.05) is 70.9 Å². The van der Waals surface area contributed by atoms with Crippen LogP contribution in [0, 0.1) is 39.9 Å². The van der Waals surface area contributed by atoms with Crippen LogP contribution < -0.4 is 0 Å². The molecule has 0 unspecified atom stereocenters. The molecule has 42 heavy (non-hydrogen) atoms. The third-order valence-electron chi connectivity index (χ3n) is 13.4.